The summed E-state index contributed by atoms with van der Waals surface area (Å²) < 4.78 is 37.2. The molecule has 0 fully saturated rings. The van der Waals surface area contributed by atoms with Crippen molar-refractivity contribution in [2.24, 2.45) is 5.73 Å². The number of aryl methyl sites for hydroxylation is 1. The zero-order valence-corrected chi connectivity index (χ0v) is 41.5. The normalized spacial score (nSPS) is 17.4. The van der Waals surface area contributed by atoms with Crippen LogP contribution >= 0.6 is 0 Å². The maximum atomic E-state index is 14.1. The lowest BCUT2D eigenvalue weighted by molar-refractivity contribution is -0.141. The number of carboxylic acid groups (broad SMARTS) is 1. The van der Waals surface area contributed by atoms with Crippen LogP contribution in [-0.4, -0.2) is 175 Å². The first-order chi connectivity index (χ1) is 35.8. The molecule has 1 aromatic carbocycles. The lowest BCUT2D eigenvalue weighted by Crippen LogP contribution is -2.53. The molecular formula is C47H71FN14O12. The number of aromatic nitrogens is 5. The highest BCUT2D eigenvalue weighted by molar-refractivity contribution is 5.94. The number of nitrogens with one attached hydrogen (secondary N) is 8. The van der Waals surface area contributed by atoms with E-state index in [0.717, 1.165) is 11.1 Å². The molecule has 0 unspecified atom stereocenters. The van der Waals surface area contributed by atoms with E-state index in [1.54, 1.807) is 12.4 Å². The molecule has 0 saturated carbocycles. The molecule has 3 aromatic rings. The number of amides is 6. The van der Waals surface area contributed by atoms with Gasteiger partial charge in [-0.1, -0.05) is 35.5 Å². The summed E-state index contributed by atoms with van der Waals surface area (Å²) in [4.78, 5) is 90.6. The maximum absolute atomic E-state index is 14.1. The molecular weight excluding hydrogens is 971 g/mol. The Balaban J connectivity index is 1.19. The Hall–Kier alpha value is -7.10. The van der Waals surface area contributed by atoms with Crippen molar-refractivity contribution in [2.75, 3.05) is 85.7 Å². The first kappa shape index (κ1) is 59.5. The third-order valence-corrected chi connectivity index (χ3v) is 11.2. The van der Waals surface area contributed by atoms with Gasteiger partial charge in [0.1, 0.15) is 30.4 Å². The summed E-state index contributed by atoms with van der Waals surface area (Å²) in [6.07, 6.45) is 6.84. The van der Waals surface area contributed by atoms with E-state index in [1.807, 2.05) is 30.3 Å². The smallest absolute Gasteiger partial charge is 0.305 e. The second-order valence-corrected chi connectivity index (χ2v) is 17.1. The van der Waals surface area contributed by atoms with E-state index < -0.39 is 73.4 Å². The number of hydrogen-bond donors (Lipinski definition) is 10. The van der Waals surface area contributed by atoms with E-state index in [1.165, 1.54) is 15.6 Å². The molecule has 4 atom stereocenters. The third-order valence-electron chi connectivity index (χ3n) is 11.2. The number of rotatable bonds is 33. The number of halogens is 1. The van der Waals surface area contributed by atoms with Crippen molar-refractivity contribution in [1.82, 2.24) is 62.0 Å². The summed E-state index contributed by atoms with van der Waals surface area (Å²) in [5.74, 6) is -5.05. The monoisotopic (exact) mass is 1040 g/mol. The molecule has 0 saturated heterocycles. The van der Waals surface area contributed by atoms with Crippen LogP contribution in [0, 0.1) is 5.41 Å². The fraction of sp³-hybridized carbons (Fsp3) is 0.596. The molecule has 1 aliphatic heterocycles. The van der Waals surface area contributed by atoms with Gasteiger partial charge in [0.05, 0.1) is 90.9 Å². The van der Waals surface area contributed by atoms with Gasteiger partial charge in [-0.25, -0.2) is 4.68 Å². The predicted molar refractivity (Wildman–Crippen MR) is 263 cm³/mol. The molecule has 74 heavy (non-hydrogen) atoms. The van der Waals surface area contributed by atoms with Crippen molar-refractivity contribution >= 4 is 47.4 Å². The number of carbonyl (C=O) groups is 7. The quantitative estimate of drug-likeness (QED) is 0.0193. The van der Waals surface area contributed by atoms with Gasteiger partial charge in [-0.05, 0) is 62.5 Å². The highest BCUT2D eigenvalue weighted by Crippen LogP contribution is 2.21. The molecule has 6 amide bonds. The summed E-state index contributed by atoms with van der Waals surface area (Å²) in [6.45, 7) is 2.31. The molecule has 26 nitrogen and oxygen atoms in total. The lowest BCUT2D eigenvalue weighted by Gasteiger charge is -2.24. The van der Waals surface area contributed by atoms with Crippen LogP contribution in [-0.2, 0) is 71.9 Å². The lowest BCUT2D eigenvalue weighted by atomic mass is 10.0. The molecule has 0 aliphatic carbocycles. The Labute approximate surface area is 427 Å². The van der Waals surface area contributed by atoms with Crippen LogP contribution in [0.1, 0.15) is 80.3 Å². The maximum Gasteiger partial charge on any atom is 0.305 e. The van der Waals surface area contributed by atoms with Gasteiger partial charge in [0.15, 0.2) is 5.96 Å². The van der Waals surface area contributed by atoms with Crippen LogP contribution in [0.3, 0.4) is 0 Å². The fourth-order valence-corrected chi connectivity index (χ4v) is 7.39. The second-order valence-electron chi connectivity index (χ2n) is 17.1. The van der Waals surface area contributed by atoms with Crippen molar-refractivity contribution in [3.05, 3.63) is 65.7 Å². The molecule has 2 bridgehead atoms. The minimum atomic E-state index is -1.51. The number of ether oxygens (including phenoxy) is 4. The van der Waals surface area contributed by atoms with Gasteiger partial charge in [-0.3, -0.25) is 48.0 Å². The van der Waals surface area contributed by atoms with Crippen LogP contribution in [0.25, 0.3) is 0 Å². The molecule has 1 aliphatic rings. The third kappa shape index (κ3) is 24.1. The number of aliphatic carboxylic acids is 1. The second kappa shape index (κ2) is 34.3. The first-order valence-electron chi connectivity index (χ1n) is 24.7. The van der Waals surface area contributed by atoms with Crippen LogP contribution < -0.4 is 43.0 Å². The van der Waals surface area contributed by atoms with Crippen LogP contribution in [0.15, 0.2) is 48.9 Å². The Morgan fingerprint density at radius 2 is 1.42 bits per heavy atom. The molecule has 4 rings (SSSR count). The number of alkyl halides is 1. The molecule has 408 valence electrons. The van der Waals surface area contributed by atoms with Gasteiger partial charge < -0.3 is 67.0 Å². The SMILES string of the molecule is N=C(N)NCCC[C@@H]1NC(=O)[C@H](CCCCNC(=O)CCOCCOCCOCCOCCNC(=O)Cn2cc(CCC[18F])cn2)n2cc(nn2)[C@H](Cc2ccccc2)NC(=O)[C@H](CC(=O)O)NC(=O)CNC1=O. The number of hydrogen-bond acceptors (Lipinski definition) is 15. The van der Waals surface area contributed by atoms with E-state index in [4.69, 9.17) is 30.1 Å². The summed E-state index contributed by atoms with van der Waals surface area (Å²) in [7, 11) is 0. The standard InChI is InChI=1S/C47H71FN14O12/c48-14-6-10-34-28-55-61(30-34)32-42(65)52-17-19-72-21-23-74-25-24-73-22-20-71-18-13-40(63)51-15-5-4-12-39-46(70)57-35(11-7-16-53-47(49)50)44(68)54-29-41(64)56-37(27-43(66)67)45(69)58-36(38-31-62(39)60-59-38)26-33-8-2-1-3-9-33/h1-3,8-9,28,30-31,35-37,39H,4-7,10-27,29,32H2,(H,51,63)(H,52,65)(H,54,68)(H,56,64)(H,57,70)(H,58,69)(H,66,67)(H4,49,50,53)/t35-,36-,37-,39-/m0/s1/i48-1. The Morgan fingerprint density at radius 1 is 0.743 bits per heavy atom. The van der Waals surface area contributed by atoms with E-state index in [9.17, 15) is 43.1 Å². The molecule has 2 aromatic heterocycles. The number of carbonyl (C=O) groups excluding carboxylic acids is 6. The number of nitrogens with zero attached hydrogens (tertiary/aromatic N) is 5. The molecule has 11 N–H and O–H groups in total. The van der Waals surface area contributed by atoms with Gasteiger partial charge >= 0.3 is 5.97 Å². The summed E-state index contributed by atoms with van der Waals surface area (Å²) in [5.41, 5.74) is 7.33. The van der Waals surface area contributed by atoms with Gasteiger partial charge in [-0.2, -0.15) is 5.10 Å². The van der Waals surface area contributed by atoms with Crippen molar-refractivity contribution in [3.8, 4) is 0 Å². The zero-order valence-electron chi connectivity index (χ0n) is 41.5. The summed E-state index contributed by atoms with van der Waals surface area (Å²) in [5, 5.41) is 48.4. The highest BCUT2D eigenvalue weighted by Gasteiger charge is 2.32. The van der Waals surface area contributed by atoms with Gasteiger partial charge in [-0.15, -0.1) is 5.10 Å². The van der Waals surface area contributed by atoms with Crippen molar-refractivity contribution in [2.45, 2.75) is 94.9 Å². The summed E-state index contributed by atoms with van der Waals surface area (Å²) in [6, 6.07) is 4.53. The van der Waals surface area contributed by atoms with Crippen molar-refractivity contribution < 1.29 is 62.0 Å². The minimum absolute atomic E-state index is 0.0694. The molecule has 27 heteroatoms. The zero-order chi connectivity index (χ0) is 53.3. The first-order valence-corrected chi connectivity index (χ1v) is 24.7. The van der Waals surface area contributed by atoms with E-state index in [2.05, 4.69) is 52.6 Å². The Bertz CT molecular complexity index is 2220. The van der Waals surface area contributed by atoms with Crippen LogP contribution in [0.5, 0.6) is 0 Å². The number of nitrogens with two attached hydrogens (primary N) is 1. The predicted octanol–water partition coefficient (Wildman–Crippen LogP) is -1.29. The van der Waals surface area contributed by atoms with Crippen LogP contribution in [0.4, 0.5) is 4.39 Å². The number of carboxylic acids is 1. The Morgan fingerprint density at radius 3 is 2.12 bits per heavy atom. The average molecular weight is 1040 g/mol. The largest absolute Gasteiger partial charge is 0.481 e. The van der Waals surface area contributed by atoms with Gasteiger partial charge in [0.2, 0.25) is 35.4 Å². The molecule has 0 spiro atoms. The van der Waals surface area contributed by atoms with Crippen molar-refractivity contribution in [3.63, 3.8) is 0 Å². The topological polar surface area (TPSA) is 359 Å². The summed E-state index contributed by atoms with van der Waals surface area (Å²) >= 11 is 0. The number of fused-ring (bicyclic) bond motifs is 2. The number of guanidine groups is 1. The van der Waals surface area contributed by atoms with Gasteiger partial charge in [0.25, 0.3) is 0 Å². The average Bonchev–Trinajstić information content (AvgIpc) is 4.05. The molecule has 3 heterocycles. The number of benzene rings is 1. The highest BCUT2D eigenvalue weighted by atomic mass is 18.2. The van der Waals surface area contributed by atoms with E-state index >= 15 is 0 Å². The number of unbranched alkanes of at least 4 members (excludes halogenated alkanes) is 1. The van der Waals surface area contributed by atoms with E-state index in [-0.39, 0.29) is 88.4 Å². The minimum Gasteiger partial charge on any atom is -0.481 e. The van der Waals surface area contributed by atoms with Gasteiger partial charge in [0, 0.05) is 32.3 Å². The van der Waals surface area contributed by atoms with Crippen LogP contribution in [0.2, 0.25) is 0 Å². The Kier molecular flexibility index (Phi) is 27.6. The fourth-order valence-electron chi connectivity index (χ4n) is 7.39. The van der Waals surface area contributed by atoms with E-state index in [0.29, 0.717) is 71.9 Å². The molecule has 0 radical (unpaired) electrons. The van der Waals surface area contributed by atoms with Crippen molar-refractivity contribution in [1.29, 1.82) is 5.41 Å².